The van der Waals surface area contributed by atoms with Gasteiger partial charge in [0.25, 0.3) is 0 Å². The van der Waals surface area contributed by atoms with Crippen LogP contribution in [0.5, 0.6) is 0 Å². The predicted molar refractivity (Wildman–Crippen MR) is 140 cm³/mol. The summed E-state index contributed by atoms with van der Waals surface area (Å²) in [6.07, 6.45) is 3.68. The molecule has 0 fully saturated rings. The predicted octanol–water partition coefficient (Wildman–Crippen LogP) is 6.18. The molecule has 0 amide bonds. The van der Waals surface area contributed by atoms with Gasteiger partial charge < -0.3 is 18.9 Å². The van der Waals surface area contributed by atoms with E-state index < -0.39 is 28.0 Å². The van der Waals surface area contributed by atoms with Crippen LogP contribution in [0.4, 0.5) is 0 Å². The van der Waals surface area contributed by atoms with Crippen LogP contribution in [-0.4, -0.2) is 48.3 Å². The summed E-state index contributed by atoms with van der Waals surface area (Å²) >= 11 is 0. The molecule has 0 radical (unpaired) electrons. The lowest BCUT2D eigenvalue weighted by molar-refractivity contribution is -0.171. The Morgan fingerprint density at radius 2 is 0.944 bits per heavy atom. The fraction of sp³-hybridized carbons (Fsp3) is 0.857. The quantitative estimate of drug-likeness (QED) is 0.153. The second kappa shape index (κ2) is 15.9. The maximum atomic E-state index is 11.7. The molecule has 8 nitrogen and oxygen atoms in total. The molecule has 0 atom stereocenters. The molecule has 0 heterocycles. The number of carbonyl (C=O) groups is 4. The van der Waals surface area contributed by atoms with E-state index in [9.17, 15) is 19.2 Å². The molecule has 212 valence electrons. The minimum absolute atomic E-state index is 0.211. The van der Waals surface area contributed by atoms with Gasteiger partial charge in [0.2, 0.25) is 0 Å². The zero-order valence-corrected chi connectivity index (χ0v) is 24.9. The number of ether oxygens (including phenoxy) is 4. The monoisotopic (exact) mass is 516 g/mol. The van der Waals surface area contributed by atoms with Gasteiger partial charge in [0.05, 0.1) is 17.4 Å². The molecule has 8 heteroatoms. The molecular formula is C28H52O8. The van der Waals surface area contributed by atoms with Gasteiger partial charge in [-0.15, -0.1) is 0 Å². The third kappa shape index (κ3) is 15.8. The molecule has 0 aromatic rings. The zero-order chi connectivity index (χ0) is 28.8. The molecule has 0 N–H and O–H groups in total. The van der Waals surface area contributed by atoms with Gasteiger partial charge in [0.15, 0.2) is 6.61 Å². The Kier molecular flexibility index (Phi) is 15.9. The molecule has 0 saturated carbocycles. The van der Waals surface area contributed by atoms with E-state index in [-0.39, 0.29) is 37.5 Å². The van der Waals surface area contributed by atoms with Gasteiger partial charge in [-0.2, -0.15) is 0 Å². The second-order valence-corrected chi connectivity index (χ2v) is 11.5. The van der Waals surface area contributed by atoms with Crippen LogP contribution in [0.2, 0.25) is 0 Å². The number of esters is 4. The van der Waals surface area contributed by atoms with Crippen LogP contribution in [0.15, 0.2) is 0 Å². The summed E-state index contributed by atoms with van der Waals surface area (Å²) in [5.74, 6) is -1.32. The van der Waals surface area contributed by atoms with Crippen molar-refractivity contribution in [3.8, 4) is 0 Å². The van der Waals surface area contributed by atoms with Gasteiger partial charge in [0.1, 0.15) is 11.2 Å². The molecule has 0 aliphatic rings. The summed E-state index contributed by atoms with van der Waals surface area (Å²) in [6.45, 7) is 22.4. The fourth-order valence-electron chi connectivity index (χ4n) is 2.03. The Morgan fingerprint density at radius 1 is 0.556 bits per heavy atom. The largest absolute Gasteiger partial charge is 0.465 e. The maximum Gasteiger partial charge on any atom is 0.344 e. The van der Waals surface area contributed by atoms with Gasteiger partial charge >= 0.3 is 23.9 Å². The van der Waals surface area contributed by atoms with Crippen LogP contribution in [0.3, 0.4) is 0 Å². The molecule has 0 aliphatic heterocycles. The average molecular weight is 517 g/mol. The van der Waals surface area contributed by atoms with Crippen molar-refractivity contribution in [3.63, 3.8) is 0 Å². The number of hydrogen-bond donors (Lipinski definition) is 0. The second-order valence-electron chi connectivity index (χ2n) is 11.5. The van der Waals surface area contributed by atoms with E-state index in [0.717, 1.165) is 12.8 Å². The lowest BCUT2D eigenvalue weighted by Gasteiger charge is -2.24. The van der Waals surface area contributed by atoms with Crippen LogP contribution in [0.25, 0.3) is 0 Å². The standard InChI is InChI=1S/C15H28O4.C13H24O4/c1-7-14(3,4)13(17)18-11-9-10-12(16)19-15(5,6)8-2;1-7-12(3,4)11(15)16-9-10(14)17-13(5,6)8-2/h7-11H2,1-6H3;7-9H2,1-6H3. The van der Waals surface area contributed by atoms with Crippen molar-refractivity contribution in [1.29, 1.82) is 0 Å². The molecule has 0 aliphatic carbocycles. The van der Waals surface area contributed by atoms with Gasteiger partial charge in [-0.05, 0) is 87.5 Å². The molecule has 0 unspecified atom stereocenters. The first-order valence-electron chi connectivity index (χ1n) is 13.1. The summed E-state index contributed by atoms with van der Waals surface area (Å²) < 4.78 is 20.6. The van der Waals surface area contributed by atoms with Crippen molar-refractivity contribution in [1.82, 2.24) is 0 Å². The van der Waals surface area contributed by atoms with Crippen molar-refractivity contribution in [2.75, 3.05) is 13.2 Å². The van der Waals surface area contributed by atoms with E-state index in [0.29, 0.717) is 19.3 Å². The molecule has 0 aromatic heterocycles. The van der Waals surface area contributed by atoms with E-state index in [4.69, 9.17) is 18.9 Å². The first-order valence-corrected chi connectivity index (χ1v) is 13.1. The van der Waals surface area contributed by atoms with Crippen LogP contribution < -0.4 is 0 Å². The topological polar surface area (TPSA) is 105 Å². The van der Waals surface area contributed by atoms with Crippen LogP contribution in [-0.2, 0) is 38.1 Å². The van der Waals surface area contributed by atoms with Crippen molar-refractivity contribution in [2.45, 2.75) is 133 Å². The summed E-state index contributed by atoms with van der Waals surface area (Å²) in [7, 11) is 0. The van der Waals surface area contributed by atoms with Gasteiger partial charge in [-0.3, -0.25) is 14.4 Å². The maximum absolute atomic E-state index is 11.7. The summed E-state index contributed by atoms with van der Waals surface area (Å²) in [6, 6.07) is 0. The van der Waals surface area contributed by atoms with Crippen LogP contribution >= 0.6 is 0 Å². The first-order chi connectivity index (χ1) is 16.3. The lowest BCUT2D eigenvalue weighted by atomic mass is 9.91. The first kappa shape index (κ1) is 36.0. The third-order valence-corrected chi connectivity index (χ3v) is 6.44. The van der Waals surface area contributed by atoms with Gasteiger partial charge in [0, 0.05) is 6.42 Å². The molecule has 36 heavy (non-hydrogen) atoms. The van der Waals surface area contributed by atoms with Gasteiger partial charge in [-0.25, -0.2) is 4.79 Å². The Bertz CT molecular complexity index is 704. The van der Waals surface area contributed by atoms with E-state index in [1.807, 2.05) is 69.2 Å². The number of hydrogen-bond acceptors (Lipinski definition) is 8. The zero-order valence-electron chi connectivity index (χ0n) is 24.9. The Balaban J connectivity index is 0. The average Bonchev–Trinajstić information content (AvgIpc) is 2.79. The molecule has 0 bridgehead atoms. The third-order valence-electron chi connectivity index (χ3n) is 6.44. The highest BCUT2D eigenvalue weighted by atomic mass is 16.6. The minimum atomic E-state index is -0.555. The Hall–Kier alpha value is -2.12. The smallest absolute Gasteiger partial charge is 0.344 e. The van der Waals surface area contributed by atoms with Gasteiger partial charge in [-0.1, -0.05) is 27.7 Å². The normalized spacial score (nSPS) is 12.1. The highest BCUT2D eigenvalue weighted by Crippen LogP contribution is 2.22. The van der Waals surface area contributed by atoms with Crippen molar-refractivity contribution in [2.24, 2.45) is 10.8 Å². The van der Waals surface area contributed by atoms with E-state index in [1.54, 1.807) is 13.8 Å². The number of carbonyl (C=O) groups excluding carboxylic acids is 4. The summed E-state index contributed by atoms with van der Waals surface area (Å²) in [5, 5.41) is 0. The summed E-state index contributed by atoms with van der Waals surface area (Å²) in [4.78, 5) is 46.3. The van der Waals surface area contributed by atoms with Crippen molar-refractivity contribution >= 4 is 23.9 Å². The Morgan fingerprint density at radius 3 is 1.33 bits per heavy atom. The van der Waals surface area contributed by atoms with E-state index in [1.165, 1.54) is 0 Å². The molecule has 0 aromatic carbocycles. The number of rotatable bonds is 14. The molecule has 0 spiro atoms. The van der Waals surface area contributed by atoms with Crippen LogP contribution in [0, 0.1) is 10.8 Å². The summed E-state index contributed by atoms with van der Waals surface area (Å²) in [5.41, 5.74) is -1.94. The molecule has 0 saturated heterocycles. The van der Waals surface area contributed by atoms with Crippen LogP contribution in [0.1, 0.15) is 122 Å². The highest BCUT2D eigenvalue weighted by molar-refractivity contribution is 5.80. The lowest BCUT2D eigenvalue weighted by Crippen LogP contribution is -2.32. The minimum Gasteiger partial charge on any atom is -0.465 e. The Labute approximate surface area is 219 Å². The van der Waals surface area contributed by atoms with E-state index in [2.05, 4.69) is 0 Å². The van der Waals surface area contributed by atoms with Crippen molar-refractivity contribution < 1.29 is 38.1 Å². The van der Waals surface area contributed by atoms with Crippen molar-refractivity contribution in [3.05, 3.63) is 0 Å². The molecular weight excluding hydrogens is 464 g/mol. The highest BCUT2D eigenvalue weighted by Gasteiger charge is 2.29. The fourth-order valence-corrected chi connectivity index (χ4v) is 2.03. The SMILES string of the molecule is CCC(C)(C)OC(=O)CCCOC(=O)C(C)(C)CC.CCC(C)(C)OC(=O)COC(=O)C(C)(C)CC. The molecule has 0 rings (SSSR count). The van der Waals surface area contributed by atoms with E-state index >= 15 is 0 Å².